The Labute approximate surface area is 354 Å². The standard InChI is InChI=1S/C48H42O14/c49-22-38-43(56)44(57)45(58)48(62-38)59-34-17-27(16-31(53)18-34)40-41-35(19-33(55)21-37(41)61-46(40)24-5-11-29(51)12-6-24)42-39-26(4-1-23-2-9-28(50)10-3-23)15-32(54)20-36(39)60-47(42)25-7-13-30(52)14-8-25/h1-21,38,40,42-58H,22H2/b4-1+/t38-,40-,42+,43-,44+,45-,46+,47-,48-/m1/s1. The smallest absolute Gasteiger partial charge is 0.229 e. The highest BCUT2D eigenvalue weighted by Crippen LogP contribution is 2.60. The monoisotopic (exact) mass is 842 g/mol. The van der Waals surface area contributed by atoms with Crippen LogP contribution in [0.2, 0.25) is 0 Å². The molecular weight excluding hydrogens is 801 g/mol. The van der Waals surface area contributed by atoms with Gasteiger partial charge in [-0.3, -0.25) is 0 Å². The van der Waals surface area contributed by atoms with E-state index in [0.29, 0.717) is 50.4 Å². The Hall–Kier alpha value is -6.94. The van der Waals surface area contributed by atoms with Gasteiger partial charge in [0.1, 0.15) is 88.4 Å². The minimum Gasteiger partial charge on any atom is -0.508 e. The van der Waals surface area contributed by atoms with Gasteiger partial charge in [0.15, 0.2) is 0 Å². The van der Waals surface area contributed by atoms with Crippen LogP contribution in [0.1, 0.15) is 68.6 Å². The minimum absolute atomic E-state index is 0.00351. The summed E-state index contributed by atoms with van der Waals surface area (Å²) in [5.74, 6) is -1.17. The van der Waals surface area contributed by atoms with Gasteiger partial charge in [0.25, 0.3) is 0 Å². The molecule has 14 heteroatoms. The van der Waals surface area contributed by atoms with Crippen LogP contribution < -0.4 is 14.2 Å². The molecule has 0 aromatic heterocycles. The second kappa shape index (κ2) is 16.2. The molecule has 0 amide bonds. The zero-order valence-corrected chi connectivity index (χ0v) is 32.6. The van der Waals surface area contributed by atoms with Gasteiger partial charge in [0.2, 0.25) is 6.29 Å². The number of rotatable bonds is 9. The van der Waals surface area contributed by atoms with Crippen molar-refractivity contribution in [2.45, 2.75) is 54.7 Å². The van der Waals surface area contributed by atoms with E-state index < -0.39 is 61.4 Å². The molecule has 0 aliphatic carbocycles. The van der Waals surface area contributed by atoms with Crippen molar-refractivity contribution in [2.75, 3.05) is 6.61 Å². The molecule has 0 radical (unpaired) electrons. The first-order valence-corrected chi connectivity index (χ1v) is 19.8. The molecule has 0 unspecified atom stereocenters. The van der Waals surface area contributed by atoms with Gasteiger partial charge in [-0.25, -0.2) is 0 Å². The number of fused-ring (bicyclic) bond motifs is 2. The van der Waals surface area contributed by atoms with Gasteiger partial charge in [-0.15, -0.1) is 0 Å². The van der Waals surface area contributed by atoms with Crippen molar-refractivity contribution in [3.63, 3.8) is 0 Å². The van der Waals surface area contributed by atoms with Crippen LogP contribution in [0.5, 0.6) is 51.7 Å². The second-order valence-electron chi connectivity index (χ2n) is 15.6. The van der Waals surface area contributed by atoms with Crippen molar-refractivity contribution in [2.24, 2.45) is 0 Å². The van der Waals surface area contributed by atoms with E-state index in [2.05, 4.69) is 0 Å². The van der Waals surface area contributed by atoms with Crippen molar-refractivity contribution < 1.29 is 70.0 Å². The van der Waals surface area contributed by atoms with Gasteiger partial charge in [-0.1, -0.05) is 48.6 Å². The largest absolute Gasteiger partial charge is 0.508 e. The molecule has 3 heterocycles. The Morgan fingerprint density at radius 3 is 1.66 bits per heavy atom. The topological polar surface area (TPSA) is 239 Å². The van der Waals surface area contributed by atoms with Crippen LogP contribution in [0.25, 0.3) is 12.2 Å². The lowest BCUT2D eigenvalue weighted by molar-refractivity contribution is -0.277. The average Bonchev–Trinajstić information content (AvgIpc) is 3.83. The highest BCUT2D eigenvalue weighted by molar-refractivity contribution is 5.76. The zero-order chi connectivity index (χ0) is 43.4. The van der Waals surface area contributed by atoms with Crippen molar-refractivity contribution in [3.8, 4) is 51.7 Å². The van der Waals surface area contributed by atoms with E-state index in [-0.39, 0.29) is 40.2 Å². The second-order valence-corrected chi connectivity index (χ2v) is 15.6. The van der Waals surface area contributed by atoms with Crippen LogP contribution in [0, 0.1) is 0 Å². The summed E-state index contributed by atoms with van der Waals surface area (Å²) in [5.41, 5.74) is 4.84. The minimum atomic E-state index is -1.73. The number of phenols is 6. The van der Waals surface area contributed by atoms with Crippen LogP contribution in [-0.2, 0) is 4.74 Å². The summed E-state index contributed by atoms with van der Waals surface area (Å²) in [4.78, 5) is 0. The fraction of sp³-hybridized carbons (Fsp3) is 0.208. The number of hydrogen-bond donors (Lipinski definition) is 10. The van der Waals surface area contributed by atoms with E-state index >= 15 is 0 Å². The number of phenolic OH excluding ortho intramolecular Hbond substituents is 6. The summed E-state index contributed by atoms with van der Waals surface area (Å²) in [5, 5.41) is 106. The first-order valence-electron chi connectivity index (χ1n) is 19.8. The number of aliphatic hydroxyl groups excluding tert-OH is 4. The van der Waals surface area contributed by atoms with Crippen LogP contribution in [-0.4, -0.2) is 88.4 Å². The molecule has 1 saturated heterocycles. The van der Waals surface area contributed by atoms with Crippen molar-refractivity contribution in [3.05, 3.63) is 160 Å². The van der Waals surface area contributed by atoms with Gasteiger partial charge in [0, 0.05) is 29.3 Å². The van der Waals surface area contributed by atoms with Crippen LogP contribution in [0.4, 0.5) is 0 Å². The zero-order valence-electron chi connectivity index (χ0n) is 32.6. The Morgan fingerprint density at radius 2 is 1.05 bits per heavy atom. The molecule has 10 N–H and O–H groups in total. The lowest BCUT2D eigenvalue weighted by Gasteiger charge is -2.39. The summed E-state index contributed by atoms with van der Waals surface area (Å²) in [7, 11) is 0. The van der Waals surface area contributed by atoms with Crippen molar-refractivity contribution in [1.29, 1.82) is 0 Å². The lowest BCUT2D eigenvalue weighted by Crippen LogP contribution is -2.60. The maximum absolute atomic E-state index is 11.5. The first-order chi connectivity index (χ1) is 29.8. The summed E-state index contributed by atoms with van der Waals surface area (Å²) in [6, 6.07) is 30.1. The third-order valence-corrected chi connectivity index (χ3v) is 11.6. The SMILES string of the molecule is OC[C@H]1O[C@@H](Oc2cc(O)cc([C@@H]3c4c(cc(O)cc4[C@H]4c5c(/C=C/c6ccc(O)cc6)cc(O)cc5O[C@@H]4c4ccc(O)cc4)O[C@H]3c3ccc(O)cc3)c2)[C@H](O)[C@@H](O)[C@@H]1O. The highest BCUT2D eigenvalue weighted by Gasteiger charge is 2.47. The predicted octanol–water partition coefficient (Wildman–Crippen LogP) is 5.80. The van der Waals surface area contributed by atoms with E-state index in [0.717, 1.165) is 5.56 Å². The number of hydrogen-bond acceptors (Lipinski definition) is 14. The summed E-state index contributed by atoms with van der Waals surface area (Å²) in [6.45, 7) is -0.677. The maximum atomic E-state index is 11.5. The maximum Gasteiger partial charge on any atom is 0.229 e. The predicted molar refractivity (Wildman–Crippen MR) is 222 cm³/mol. The molecule has 6 aromatic carbocycles. The molecule has 1 fully saturated rings. The van der Waals surface area contributed by atoms with E-state index in [9.17, 15) is 51.1 Å². The quantitative estimate of drug-likeness (QED) is 0.0775. The Balaban J connectivity index is 1.23. The molecule has 9 atom stereocenters. The van der Waals surface area contributed by atoms with E-state index in [1.807, 2.05) is 12.2 Å². The fourth-order valence-corrected chi connectivity index (χ4v) is 8.67. The fourth-order valence-electron chi connectivity index (χ4n) is 8.67. The third kappa shape index (κ3) is 7.54. The molecule has 6 aromatic rings. The molecule has 0 spiro atoms. The van der Waals surface area contributed by atoms with Gasteiger partial charge >= 0.3 is 0 Å². The molecule has 0 saturated carbocycles. The Morgan fingerprint density at radius 1 is 0.500 bits per heavy atom. The van der Waals surface area contributed by atoms with Crippen LogP contribution in [0.15, 0.2) is 115 Å². The van der Waals surface area contributed by atoms with E-state index in [1.54, 1.807) is 66.7 Å². The Kier molecular flexibility index (Phi) is 10.5. The molecule has 0 bridgehead atoms. The van der Waals surface area contributed by atoms with Gasteiger partial charge < -0.3 is 70.0 Å². The van der Waals surface area contributed by atoms with Gasteiger partial charge in [-0.05, 0) is 94.0 Å². The Bertz CT molecular complexity index is 2630. The number of benzene rings is 6. The average molecular weight is 843 g/mol. The molecule has 3 aliphatic rings. The molecule has 318 valence electrons. The highest BCUT2D eigenvalue weighted by atomic mass is 16.7. The number of ether oxygens (including phenoxy) is 4. The summed E-state index contributed by atoms with van der Waals surface area (Å²) in [6.07, 6.45) is -5.87. The van der Waals surface area contributed by atoms with Gasteiger partial charge in [0.05, 0.1) is 18.4 Å². The number of aliphatic hydroxyl groups is 4. The molecule has 9 rings (SSSR count). The third-order valence-electron chi connectivity index (χ3n) is 11.6. The van der Waals surface area contributed by atoms with Crippen LogP contribution in [0.3, 0.4) is 0 Å². The van der Waals surface area contributed by atoms with Gasteiger partial charge in [-0.2, -0.15) is 0 Å². The molecular formula is C48H42O14. The van der Waals surface area contributed by atoms with E-state index in [1.165, 1.54) is 48.5 Å². The molecule has 3 aliphatic heterocycles. The summed E-state index contributed by atoms with van der Waals surface area (Å²) >= 11 is 0. The first kappa shape index (κ1) is 40.5. The molecule has 14 nitrogen and oxygen atoms in total. The van der Waals surface area contributed by atoms with Crippen molar-refractivity contribution >= 4 is 12.2 Å². The lowest BCUT2D eigenvalue weighted by atomic mass is 9.75. The van der Waals surface area contributed by atoms with Crippen LogP contribution >= 0.6 is 0 Å². The number of aromatic hydroxyl groups is 6. The summed E-state index contributed by atoms with van der Waals surface area (Å²) < 4.78 is 25.1. The molecule has 62 heavy (non-hydrogen) atoms. The van der Waals surface area contributed by atoms with E-state index in [4.69, 9.17) is 18.9 Å². The normalized spacial score (nSPS) is 25.2. The van der Waals surface area contributed by atoms with Crippen molar-refractivity contribution in [1.82, 2.24) is 0 Å².